The van der Waals surface area contributed by atoms with Gasteiger partial charge in [-0.3, -0.25) is 9.59 Å². The molecule has 9 nitrogen and oxygen atoms in total. The predicted octanol–water partition coefficient (Wildman–Crippen LogP) is 2.88. The van der Waals surface area contributed by atoms with Crippen LogP contribution in [0.15, 0.2) is 64.8 Å². The van der Waals surface area contributed by atoms with Crippen molar-refractivity contribution in [2.75, 3.05) is 32.6 Å². The van der Waals surface area contributed by atoms with E-state index >= 15 is 0 Å². The van der Waals surface area contributed by atoms with Crippen molar-refractivity contribution in [3.63, 3.8) is 0 Å². The highest BCUT2D eigenvalue weighted by molar-refractivity contribution is 6.25. The molecule has 2 N–H and O–H groups in total. The Labute approximate surface area is 192 Å². The molecule has 0 fully saturated rings. The number of nitrogens with one attached hydrogen (secondary N) is 2. The van der Waals surface area contributed by atoms with E-state index in [-0.39, 0.29) is 36.1 Å². The first-order valence-corrected chi connectivity index (χ1v) is 10.4. The van der Waals surface area contributed by atoms with Gasteiger partial charge in [-0.2, -0.15) is 0 Å². The van der Waals surface area contributed by atoms with Crippen LogP contribution in [-0.4, -0.2) is 55.8 Å². The predicted molar refractivity (Wildman–Crippen MR) is 125 cm³/mol. The third-order valence-electron chi connectivity index (χ3n) is 4.74. The van der Waals surface area contributed by atoms with Crippen LogP contribution in [0, 0.1) is 0 Å². The topological polar surface area (TPSA) is 109 Å². The second kappa shape index (κ2) is 10.4. The first-order chi connectivity index (χ1) is 15.8. The molecule has 1 aliphatic heterocycles. The number of amidine groups is 1. The van der Waals surface area contributed by atoms with Crippen LogP contribution >= 0.6 is 0 Å². The zero-order chi connectivity index (χ0) is 24.0. The summed E-state index contributed by atoms with van der Waals surface area (Å²) in [5.74, 6) is -0.864. The summed E-state index contributed by atoms with van der Waals surface area (Å²) in [4.78, 5) is 43.4. The van der Waals surface area contributed by atoms with Crippen LogP contribution in [-0.2, 0) is 14.3 Å². The minimum Gasteiger partial charge on any atom is -0.484 e. The number of hydrogen-bond acceptors (Lipinski definition) is 7. The van der Waals surface area contributed by atoms with Gasteiger partial charge in [0, 0.05) is 25.4 Å². The Hall–Kier alpha value is -4.14. The first-order valence-electron chi connectivity index (χ1n) is 10.4. The number of hydrogen-bond donors (Lipinski definition) is 2. The van der Waals surface area contributed by atoms with E-state index in [0.717, 1.165) is 0 Å². The number of allylic oxidation sites excluding steroid dienone is 1. The summed E-state index contributed by atoms with van der Waals surface area (Å²) in [7, 11) is 3.26. The largest absolute Gasteiger partial charge is 0.484 e. The van der Waals surface area contributed by atoms with Crippen molar-refractivity contribution in [1.29, 1.82) is 0 Å². The summed E-state index contributed by atoms with van der Waals surface area (Å²) in [6.07, 6.45) is 0. The average Bonchev–Trinajstić information content (AvgIpc) is 2.92. The molecule has 172 valence electrons. The van der Waals surface area contributed by atoms with Crippen LogP contribution in [0.25, 0.3) is 0 Å². The van der Waals surface area contributed by atoms with Crippen molar-refractivity contribution in [3.8, 4) is 5.75 Å². The van der Waals surface area contributed by atoms with Crippen molar-refractivity contribution in [1.82, 2.24) is 10.2 Å². The Bertz CT molecular complexity index is 1140. The smallest absolute Gasteiger partial charge is 0.343 e. The molecule has 0 bridgehead atoms. The lowest BCUT2D eigenvalue weighted by Gasteiger charge is -2.14. The summed E-state index contributed by atoms with van der Waals surface area (Å²) >= 11 is 0. The molecular weight excluding hydrogens is 424 g/mol. The van der Waals surface area contributed by atoms with Gasteiger partial charge >= 0.3 is 5.97 Å². The highest BCUT2D eigenvalue weighted by Crippen LogP contribution is 2.30. The van der Waals surface area contributed by atoms with Crippen LogP contribution in [0.4, 0.5) is 11.4 Å². The Balaban J connectivity index is 1.89. The van der Waals surface area contributed by atoms with Gasteiger partial charge < -0.3 is 25.0 Å². The van der Waals surface area contributed by atoms with Crippen LogP contribution in [0.3, 0.4) is 0 Å². The molecule has 0 aromatic heterocycles. The Morgan fingerprint density at radius 2 is 1.85 bits per heavy atom. The quantitative estimate of drug-likeness (QED) is 0.655. The first kappa shape index (κ1) is 23.5. The molecule has 1 heterocycles. The van der Waals surface area contributed by atoms with Gasteiger partial charge in [-0.05, 0) is 44.2 Å². The fourth-order valence-corrected chi connectivity index (χ4v) is 3.02. The maximum absolute atomic E-state index is 13.1. The molecule has 3 rings (SSSR count). The molecule has 2 amide bonds. The van der Waals surface area contributed by atoms with E-state index in [1.807, 2.05) is 18.2 Å². The molecule has 0 atom stereocenters. The van der Waals surface area contributed by atoms with Crippen molar-refractivity contribution in [3.05, 3.63) is 65.4 Å². The van der Waals surface area contributed by atoms with Crippen molar-refractivity contribution < 1.29 is 23.9 Å². The second-order valence-corrected chi connectivity index (χ2v) is 7.38. The lowest BCUT2D eigenvalue weighted by molar-refractivity contribution is -0.138. The number of rotatable bonds is 6. The minimum absolute atomic E-state index is 0.0718. The SMILES string of the molecule is CCOC(=O)C1=C(C)Nc2ccccc2N=C1NC(=O)c1cccc(OCC(=O)N(C)C)c1. The molecule has 0 spiro atoms. The molecular formula is C24H26N4O5. The number of nitrogens with zero attached hydrogens (tertiary/aromatic N) is 2. The minimum atomic E-state index is -0.603. The van der Waals surface area contributed by atoms with E-state index in [1.165, 1.54) is 11.0 Å². The van der Waals surface area contributed by atoms with E-state index in [9.17, 15) is 14.4 Å². The number of anilines is 1. The zero-order valence-corrected chi connectivity index (χ0v) is 19.0. The van der Waals surface area contributed by atoms with Crippen molar-refractivity contribution >= 4 is 35.0 Å². The standard InChI is InChI=1S/C24H26N4O5/c1-5-32-24(31)21-15(2)25-18-11-6-7-12-19(18)26-22(21)27-23(30)16-9-8-10-17(13-16)33-14-20(29)28(3)4/h6-13,25H,5,14H2,1-4H3,(H,26,27,30). The second-order valence-electron chi connectivity index (χ2n) is 7.38. The van der Waals surface area contributed by atoms with Crippen LogP contribution < -0.4 is 15.4 Å². The summed E-state index contributed by atoms with van der Waals surface area (Å²) in [6.45, 7) is 3.44. The van der Waals surface area contributed by atoms with Crippen molar-refractivity contribution in [2.45, 2.75) is 13.8 Å². The van der Waals surface area contributed by atoms with Crippen LogP contribution in [0.1, 0.15) is 24.2 Å². The summed E-state index contributed by atoms with van der Waals surface area (Å²) in [5, 5.41) is 5.89. The highest BCUT2D eigenvalue weighted by Gasteiger charge is 2.26. The number of carbonyl (C=O) groups excluding carboxylic acids is 3. The Morgan fingerprint density at radius 3 is 2.58 bits per heavy atom. The van der Waals surface area contributed by atoms with Crippen LogP contribution in [0.2, 0.25) is 0 Å². The van der Waals surface area contributed by atoms with E-state index in [4.69, 9.17) is 9.47 Å². The third kappa shape index (κ3) is 5.76. The number of likely N-dealkylation sites (N-methyl/N-ethyl adjacent to an activating group) is 1. The van der Waals surface area contributed by atoms with Gasteiger partial charge in [-0.15, -0.1) is 0 Å². The number of carbonyl (C=O) groups is 3. The highest BCUT2D eigenvalue weighted by atomic mass is 16.5. The van der Waals surface area contributed by atoms with Gasteiger partial charge in [-0.1, -0.05) is 18.2 Å². The number of amides is 2. The lowest BCUT2D eigenvalue weighted by atomic mass is 10.1. The molecule has 0 unspecified atom stereocenters. The molecule has 2 aromatic carbocycles. The molecule has 0 saturated carbocycles. The molecule has 33 heavy (non-hydrogen) atoms. The molecule has 1 aliphatic rings. The van der Waals surface area contributed by atoms with Gasteiger partial charge in [0.2, 0.25) is 0 Å². The molecule has 0 aliphatic carbocycles. The Morgan fingerprint density at radius 1 is 1.09 bits per heavy atom. The van der Waals surface area contributed by atoms with E-state index in [2.05, 4.69) is 15.6 Å². The van der Waals surface area contributed by atoms with Crippen LogP contribution in [0.5, 0.6) is 5.75 Å². The third-order valence-corrected chi connectivity index (χ3v) is 4.74. The van der Waals surface area contributed by atoms with Gasteiger partial charge in [0.1, 0.15) is 17.2 Å². The molecule has 0 saturated heterocycles. The molecule has 9 heteroatoms. The molecule has 0 radical (unpaired) electrons. The van der Waals surface area contributed by atoms with E-state index in [1.54, 1.807) is 52.2 Å². The maximum Gasteiger partial charge on any atom is 0.343 e. The number of esters is 1. The van der Waals surface area contributed by atoms with E-state index < -0.39 is 11.9 Å². The Kier molecular flexibility index (Phi) is 7.45. The van der Waals surface area contributed by atoms with Gasteiger partial charge in [-0.25, -0.2) is 9.79 Å². The van der Waals surface area contributed by atoms with E-state index in [0.29, 0.717) is 22.8 Å². The average molecular weight is 450 g/mol. The zero-order valence-electron chi connectivity index (χ0n) is 19.0. The van der Waals surface area contributed by atoms with Gasteiger partial charge in [0.15, 0.2) is 6.61 Å². The van der Waals surface area contributed by atoms with Gasteiger partial charge in [0.25, 0.3) is 11.8 Å². The number of fused-ring (bicyclic) bond motifs is 1. The normalized spacial score (nSPS) is 12.5. The fraction of sp³-hybridized carbons (Fsp3) is 0.250. The maximum atomic E-state index is 13.1. The molecule has 2 aromatic rings. The number of para-hydroxylation sites is 2. The summed E-state index contributed by atoms with van der Waals surface area (Å²) in [5.41, 5.74) is 2.16. The fourth-order valence-electron chi connectivity index (χ4n) is 3.02. The summed E-state index contributed by atoms with van der Waals surface area (Å²) < 4.78 is 10.7. The number of ether oxygens (including phenoxy) is 2. The number of benzene rings is 2. The lowest BCUT2D eigenvalue weighted by Crippen LogP contribution is -2.35. The number of aliphatic imine (C=N–C) groups is 1. The monoisotopic (exact) mass is 450 g/mol. The van der Waals surface area contributed by atoms with Gasteiger partial charge in [0.05, 0.1) is 18.0 Å². The van der Waals surface area contributed by atoms with Crippen molar-refractivity contribution in [2.24, 2.45) is 4.99 Å². The summed E-state index contributed by atoms with van der Waals surface area (Å²) in [6, 6.07) is 13.7.